The molecular formula is C14H30N2. The minimum absolute atomic E-state index is 0.314. The molecule has 0 spiro atoms. The van der Waals surface area contributed by atoms with E-state index in [2.05, 4.69) is 46.4 Å². The van der Waals surface area contributed by atoms with Crippen LogP contribution in [0.15, 0.2) is 0 Å². The van der Waals surface area contributed by atoms with Gasteiger partial charge >= 0.3 is 0 Å². The Balaban J connectivity index is 2.73. The van der Waals surface area contributed by atoms with E-state index in [0.717, 1.165) is 5.92 Å². The first-order valence-corrected chi connectivity index (χ1v) is 6.77. The second-order valence-electron chi connectivity index (χ2n) is 6.80. The molecule has 96 valence electrons. The number of hydrogen-bond acceptors (Lipinski definition) is 2. The normalized spacial score (nSPS) is 29.6. The van der Waals surface area contributed by atoms with Gasteiger partial charge in [-0.1, -0.05) is 27.7 Å². The van der Waals surface area contributed by atoms with Crippen LogP contribution in [0, 0.1) is 11.3 Å². The van der Waals surface area contributed by atoms with Crippen LogP contribution in [0.2, 0.25) is 0 Å². The Hall–Kier alpha value is -0.0800. The van der Waals surface area contributed by atoms with E-state index < -0.39 is 0 Å². The van der Waals surface area contributed by atoms with Gasteiger partial charge in [-0.25, -0.2) is 0 Å². The van der Waals surface area contributed by atoms with E-state index in [-0.39, 0.29) is 0 Å². The number of rotatable bonds is 4. The zero-order valence-corrected chi connectivity index (χ0v) is 12.0. The van der Waals surface area contributed by atoms with Crippen molar-refractivity contribution < 1.29 is 0 Å². The average Bonchev–Trinajstić information content (AvgIpc) is 2.39. The maximum atomic E-state index is 6.43. The van der Waals surface area contributed by atoms with Gasteiger partial charge in [-0.05, 0) is 38.0 Å². The molecule has 0 aromatic carbocycles. The van der Waals surface area contributed by atoms with Gasteiger partial charge < -0.3 is 5.73 Å². The molecule has 2 unspecified atom stereocenters. The van der Waals surface area contributed by atoms with Gasteiger partial charge in [0.05, 0.1) is 0 Å². The molecule has 2 nitrogen and oxygen atoms in total. The molecule has 16 heavy (non-hydrogen) atoms. The van der Waals surface area contributed by atoms with Crippen molar-refractivity contribution in [2.24, 2.45) is 17.1 Å². The summed E-state index contributed by atoms with van der Waals surface area (Å²) in [5, 5.41) is 0. The highest BCUT2D eigenvalue weighted by atomic mass is 15.2. The van der Waals surface area contributed by atoms with Gasteiger partial charge in [0.15, 0.2) is 0 Å². The quantitative estimate of drug-likeness (QED) is 0.798. The first-order chi connectivity index (χ1) is 7.25. The topological polar surface area (TPSA) is 29.3 Å². The van der Waals surface area contributed by atoms with Gasteiger partial charge in [0, 0.05) is 24.7 Å². The minimum atomic E-state index is 0.314. The lowest BCUT2D eigenvalue weighted by atomic mass is 9.87. The van der Waals surface area contributed by atoms with E-state index in [4.69, 9.17) is 5.73 Å². The standard InChI is InChI=1S/C14H30N2/c1-10(2)9-16(11(3)4)12-7-8-14(5,6)13(12)15/h10-13H,7-9,15H2,1-6H3. The van der Waals surface area contributed by atoms with E-state index >= 15 is 0 Å². The summed E-state index contributed by atoms with van der Waals surface area (Å²) >= 11 is 0. The molecule has 0 amide bonds. The molecule has 0 aromatic rings. The zero-order valence-electron chi connectivity index (χ0n) is 12.0. The van der Waals surface area contributed by atoms with Gasteiger partial charge in [-0.3, -0.25) is 4.90 Å². The lowest BCUT2D eigenvalue weighted by Gasteiger charge is -2.38. The second-order valence-corrected chi connectivity index (χ2v) is 6.80. The van der Waals surface area contributed by atoms with Crippen molar-refractivity contribution in [1.29, 1.82) is 0 Å². The monoisotopic (exact) mass is 226 g/mol. The summed E-state index contributed by atoms with van der Waals surface area (Å²) in [5.74, 6) is 0.721. The predicted octanol–water partition coefficient (Wildman–Crippen LogP) is 2.87. The first-order valence-electron chi connectivity index (χ1n) is 6.77. The molecule has 0 aliphatic heterocycles. The molecule has 0 radical (unpaired) electrons. The summed E-state index contributed by atoms with van der Waals surface area (Å²) in [6.07, 6.45) is 2.53. The highest BCUT2D eigenvalue weighted by Gasteiger charge is 2.42. The van der Waals surface area contributed by atoms with Crippen LogP contribution in [0.25, 0.3) is 0 Å². The lowest BCUT2D eigenvalue weighted by molar-refractivity contribution is 0.114. The molecule has 1 aliphatic carbocycles. The molecule has 1 aliphatic rings. The van der Waals surface area contributed by atoms with Crippen molar-refractivity contribution >= 4 is 0 Å². The summed E-state index contributed by atoms with van der Waals surface area (Å²) in [7, 11) is 0. The molecule has 2 atom stereocenters. The highest BCUT2D eigenvalue weighted by Crippen LogP contribution is 2.39. The predicted molar refractivity (Wildman–Crippen MR) is 71.5 cm³/mol. The fourth-order valence-corrected chi connectivity index (χ4v) is 2.91. The fourth-order valence-electron chi connectivity index (χ4n) is 2.91. The van der Waals surface area contributed by atoms with Gasteiger partial charge in [-0.2, -0.15) is 0 Å². The molecule has 0 aromatic heterocycles. The van der Waals surface area contributed by atoms with E-state index in [1.54, 1.807) is 0 Å². The summed E-state index contributed by atoms with van der Waals surface area (Å²) < 4.78 is 0. The third kappa shape index (κ3) is 2.98. The van der Waals surface area contributed by atoms with E-state index in [1.807, 2.05) is 0 Å². The lowest BCUT2D eigenvalue weighted by Crippen LogP contribution is -2.52. The van der Waals surface area contributed by atoms with Crippen LogP contribution in [-0.2, 0) is 0 Å². The third-order valence-electron chi connectivity index (χ3n) is 4.07. The van der Waals surface area contributed by atoms with Crippen LogP contribution in [0.4, 0.5) is 0 Å². The molecule has 0 bridgehead atoms. The van der Waals surface area contributed by atoms with Gasteiger partial charge in [-0.15, -0.1) is 0 Å². The Bertz CT molecular complexity index is 221. The molecule has 1 rings (SSSR count). The Kier molecular flexibility index (Phi) is 4.42. The Morgan fingerprint density at radius 3 is 2.12 bits per heavy atom. The first kappa shape index (κ1) is 14.0. The molecule has 1 fully saturated rings. The van der Waals surface area contributed by atoms with Gasteiger partial charge in [0.25, 0.3) is 0 Å². The highest BCUT2D eigenvalue weighted by molar-refractivity contribution is 4.99. The zero-order chi connectivity index (χ0) is 12.5. The smallest absolute Gasteiger partial charge is 0.0255 e. The molecular weight excluding hydrogens is 196 g/mol. The van der Waals surface area contributed by atoms with Crippen LogP contribution >= 0.6 is 0 Å². The average molecular weight is 226 g/mol. The van der Waals surface area contributed by atoms with Crippen LogP contribution in [0.1, 0.15) is 54.4 Å². The van der Waals surface area contributed by atoms with Crippen LogP contribution in [0.3, 0.4) is 0 Å². The summed E-state index contributed by atoms with van der Waals surface area (Å²) in [4.78, 5) is 2.62. The summed E-state index contributed by atoms with van der Waals surface area (Å²) in [5.41, 5.74) is 6.74. The fraction of sp³-hybridized carbons (Fsp3) is 1.00. The van der Waals surface area contributed by atoms with E-state index in [0.29, 0.717) is 23.5 Å². The van der Waals surface area contributed by atoms with Crippen LogP contribution < -0.4 is 5.73 Å². The minimum Gasteiger partial charge on any atom is -0.326 e. The van der Waals surface area contributed by atoms with Crippen molar-refractivity contribution in [3.63, 3.8) is 0 Å². The third-order valence-corrected chi connectivity index (χ3v) is 4.07. The number of nitrogens with two attached hydrogens (primary N) is 1. The molecule has 0 saturated heterocycles. The SMILES string of the molecule is CC(C)CN(C(C)C)C1CCC(C)(C)C1N. The maximum absolute atomic E-state index is 6.43. The van der Waals surface area contributed by atoms with Crippen molar-refractivity contribution in [2.45, 2.75) is 72.5 Å². The largest absolute Gasteiger partial charge is 0.326 e. The van der Waals surface area contributed by atoms with Crippen molar-refractivity contribution in [1.82, 2.24) is 4.90 Å². The summed E-state index contributed by atoms with van der Waals surface area (Å²) in [6.45, 7) is 15.0. The number of hydrogen-bond donors (Lipinski definition) is 1. The van der Waals surface area contributed by atoms with Crippen LogP contribution in [0.5, 0.6) is 0 Å². The Labute approximate surface area is 102 Å². The Morgan fingerprint density at radius 1 is 1.25 bits per heavy atom. The molecule has 2 N–H and O–H groups in total. The molecule has 2 heteroatoms. The Morgan fingerprint density at radius 2 is 1.81 bits per heavy atom. The molecule has 0 heterocycles. The van der Waals surface area contributed by atoms with Crippen molar-refractivity contribution in [2.75, 3.05) is 6.54 Å². The van der Waals surface area contributed by atoms with E-state index in [9.17, 15) is 0 Å². The maximum Gasteiger partial charge on any atom is 0.0255 e. The van der Waals surface area contributed by atoms with Crippen molar-refractivity contribution in [3.8, 4) is 0 Å². The summed E-state index contributed by atoms with van der Waals surface area (Å²) in [6, 6.07) is 1.51. The van der Waals surface area contributed by atoms with E-state index in [1.165, 1.54) is 19.4 Å². The van der Waals surface area contributed by atoms with Crippen LogP contribution in [-0.4, -0.2) is 29.6 Å². The molecule has 1 saturated carbocycles. The number of nitrogens with zero attached hydrogens (tertiary/aromatic N) is 1. The van der Waals surface area contributed by atoms with Gasteiger partial charge in [0.2, 0.25) is 0 Å². The second kappa shape index (κ2) is 5.05. The van der Waals surface area contributed by atoms with Gasteiger partial charge in [0.1, 0.15) is 0 Å². The van der Waals surface area contributed by atoms with Crippen molar-refractivity contribution in [3.05, 3.63) is 0 Å².